The lowest BCUT2D eigenvalue weighted by Crippen LogP contribution is -2.19. The van der Waals surface area contributed by atoms with Crippen molar-refractivity contribution in [1.29, 1.82) is 0 Å². The predicted octanol–water partition coefficient (Wildman–Crippen LogP) is 3.40. The molecule has 94 valence electrons. The number of nitrogens with zero attached hydrogens (tertiary/aromatic N) is 1. The molecule has 0 bridgehead atoms. The Balaban J connectivity index is 2.34. The lowest BCUT2D eigenvalue weighted by atomic mass is 10.4. The molecule has 0 spiro atoms. The third-order valence-electron chi connectivity index (χ3n) is 2.23. The molecule has 0 radical (unpaired) electrons. The number of halogens is 1. The summed E-state index contributed by atoms with van der Waals surface area (Å²) in [6.07, 6.45) is 0.947. The standard InChI is InChI=1S/C9H11ClN2O2S3/c1-3-5(2)15-9-11-6-4-7(10)16-8(6)17(13,14)12-9/h4-5H,3H2,1-2H3,(H,11,12). The maximum absolute atomic E-state index is 11.9. The summed E-state index contributed by atoms with van der Waals surface area (Å²) < 4.78 is 28.1. The van der Waals surface area contributed by atoms with Crippen LogP contribution in [0.3, 0.4) is 0 Å². The highest BCUT2D eigenvalue weighted by atomic mass is 35.5. The van der Waals surface area contributed by atoms with Gasteiger partial charge in [-0.25, -0.2) is 0 Å². The Labute approximate surface area is 114 Å². The first-order valence-corrected chi connectivity index (χ1v) is 8.51. The van der Waals surface area contributed by atoms with E-state index in [1.54, 1.807) is 6.07 Å². The number of nitrogens with one attached hydrogen (secondary N) is 1. The van der Waals surface area contributed by atoms with E-state index in [4.69, 9.17) is 11.6 Å². The Kier molecular flexibility index (Phi) is 3.72. The van der Waals surface area contributed by atoms with Gasteiger partial charge in [-0.3, -0.25) is 0 Å². The van der Waals surface area contributed by atoms with E-state index in [2.05, 4.69) is 9.71 Å². The topological polar surface area (TPSA) is 58.5 Å². The fourth-order valence-electron chi connectivity index (χ4n) is 1.24. The van der Waals surface area contributed by atoms with Crippen molar-refractivity contribution in [2.75, 3.05) is 5.32 Å². The number of anilines is 1. The average molecular weight is 311 g/mol. The molecular weight excluding hydrogens is 300 g/mol. The van der Waals surface area contributed by atoms with Crippen molar-refractivity contribution >= 4 is 55.6 Å². The van der Waals surface area contributed by atoms with E-state index in [1.165, 1.54) is 11.8 Å². The first-order chi connectivity index (χ1) is 7.92. The number of thiophene rings is 1. The number of hydrogen-bond acceptors (Lipinski definition) is 5. The second kappa shape index (κ2) is 4.79. The zero-order valence-corrected chi connectivity index (χ0v) is 12.4. The molecule has 17 heavy (non-hydrogen) atoms. The van der Waals surface area contributed by atoms with E-state index >= 15 is 0 Å². The van der Waals surface area contributed by atoms with Crippen LogP contribution < -0.4 is 5.32 Å². The summed E-state index contributed by atoms with van der Waals surface area (Å²) >= 11 is 8.25. The maximum atomic E-state index is 11.9. The number of sulfonamides is 1. The van der Waals surface area contributed by atoms with E-state index in [0.29, 0.717) is 20.4 Å². The fourth-order valence-corrected chi connectivity index (χ4v) is 5.01. The van der Waals surface area contributed by atoms with Crippen LogP contribution in [0, 0.1) is 0 Å². The van der Waals surface area contributed by atoms with Gasteiger partial charge in [0.05, 0.1) is 10.0 Å². The largest absolute Gasteiger partial charge is 0.332 e. The Hall–Kier alpha value is -0.240. The maximum Gasteiger partial charge on any atom is 0.296 e. The fraction of sp³-hybridized carbons (Fsp3) is 0.444. The minimum absolute atomic E-state index is 0.191. The Morgan fingerprint density at radius 3 is 3.00 bits per heavy atom. The average Bonchev–Trinajstić information content (AvgIpc) is 2.58. The first-order valence-electron chi connectivity index (χ1n) is 5.00. The molecule has 1 unspecified atom stereocenters. The molecule has 8 heteroatoms. The number of rotatable bonds is 2. The van der Waals surface area contributed by atoms with Crippen molar-refractivity contribution in [3.8, 4) is 0 Å². The lowest BCUT2D eigenvalue weighted by Gasteiger charge is -2.16. The predicted molar refractivity (Wildman–Crippen MR) is 74.9 cm³/mol. The highest BCUT2D eigenvalue weighted by Crippen LogP contribution is 2.39. The van der Waals surface area contributed by atoms with E-state index < -0.39 is 10.0 Å². The molecule has 0 saturated heterocycles. The van der Waals surface area contributed by atoms with Crippen molar-refractivity contribution < 1.29 is 8.42 Å². The number of thioether (sulfide) groups is 1. The third-order valence-corrected chi connectivity index (χ3v) is 6.55. The molecule has 2 rings (SSSR count). The zero-order chi connectivity index (χ0) is 12.6. The van der Waals surface area contributed by atoms with Gasteiger partial charge in [-0.2, -0.15) is 8.42 Å². The van der Waals surface area contributed by atoms with Crippen LogP contribution >= 0.6 is 34.7 Å². The van der Waals surface area contributed by atoms with Gasteiger partial charge in [0.2, 0.25) is 0 Å². The van der Waals surface area contributed by atoms with Crippen LogP contribution in [-0.2, 0) is 10.0 Å². The van der Waals surface area contributed by atoms with Gasteiger partial charge in [0.25, 0.3) is 10.0 Å². The van der Waals surface area contributed by atoms with Crippen molar-refractivity contribution in [1.82, 2.24) is 0 Å². The van der Waals surface area contributed by atoms with Crippen molar-refractivity contribution in [2.24, 2.45) is 4.40 Å². The molecule has 0 aliphatic carbocycles. The molecule has 1 aromatic rings. The Morgan fingerprint density at radius 1 is 1.65 bits per heavy atom. The van der Waals surface area contributed by atoms with Gasteiger partial charge >= 0.3 is 0 Å². The summed E-state index contributed by atoms with van der Waals surface area (Å²) in [5.74, 6) is 0. The number of fused-ring (bicyclic) bond motifs is 1. The highest BCUT2D eigenvalue weighted by molar-refractivity contribution is 8.15. The second-order valence-corrected chi connectivity index (χ2v) is 8.49. The quantitative estimate of drug-likeness (QED) is 0.909. The molecule has 2 heterocycles. The molecule has 1 aromatic heterocycles. The smallest absolute Gasteiger partial charge is 0.296 e. The van der Waals surface area contributed by atoms with Gasteiger partial charge in [-0.05, 0) is 12.5 Å². The zero-order valence-electron chi connectivity index (χ0n) is 9.23. The summed E-state index contributed by atoms with van der Waals surface area (Å²) in [7, 11) is -3.59. The molecule has 1 aliphatic rings. The third kappa shape index (κ3) is 2.78. The summed E-state index contributed by atoms with van der Waals surface area (Å²) in [6, 6.07) is 1.62. The number of amidine groups is 1. The van der Waals surface area contributed by atoms with E-state index in [1.807, 2.05) is 13.8 Å². The molecule has 0 saturated carbocycles. The summed E-state index contributed by atoms with van der Waals surface area (Å²) in [4.78, 5) is 0. The molecule has 1 aliphatic heterocycles. The van der Waals surface area contributed by atoms with Crippen LogP contribution in [0.25, 0.3) is 0 Å². The van der Waals surface area contributed by atoms with E-state index in [9.17, 15) is 8.42 Å². The summed E-state index contributed by atoms with van der Waals surface area (Å²) in [5, 5.41) is 3.73. The summed E-state index contributed by atoms with van der Waals surface area (Å²) in [6.45, 7) is 4.07. The second-order valence-electron chi connectivity index (χ2n) is 3.58. The van der Waals surface area contributed by atoms with Crippen molar-refractivity contribution in [2.45, 2.75) is 29.7 Å². The van der Waals surface area contributed by atoms with Crippen molar-refractivity contribution in [3.05, 3.63) is 10.4 Å². The molecule has 0 aromatic carbocycles. The molecule has 1 N–H and O–H groups in total. The van der Waals surface area contributed by atoms with Gasteiger partial charge in [-0.15, -0.1) is 15.7 Å². The monoisotopic (exact) mass is 310 g/mol. The van der Waals surface area contributed by atoms with Crippen LogP contribution in [0.1, 0.15) is 20.3 Å². The van der Waals surface area contributed by atoms with Gasteiger partial charge in [0.1, 0.15) is 0 Å². The first kappa shape index (κ1) is 13.2. The minimum atomic E-state index is -3.59. The van der Waals surface area contributed by atoms with E-state index in [-0.39, 0.29) is 4.21 Å². The van der Waals surface area contributed by atoms with Gasteiger partial charge < -0.3 is 5.32 Å². The van der Waals surface area contributed by atoms with Crippen molar-refractivity contribution in [3.63, 3.8) is 0 Å². The van der Waals surface area contributed by atoms with Gasteiger partial charge in [0, 0.05) is 5.25 Å². The lowest BCUT2D eigenvalue weighted by molar-refractivity contribution is 0.600. The molecule has 0 amide bonds. The molecule has 4 nitrogen and oxygen atoms in total. The summed E-state index contributed by atoms with van der Waals surface area (Å²) in [5.41, 5.74) is 0.529. The van der Waals surface area contributed by atoms with Crippen LogP contribution in [-0.4, -0.2) is 18.8 Å². The minimum Gasteiger partial charge on any atom is -0.332 e. The van der Waals surface area contributed by atoms with E-state index in [0.717, 1.165) is 17.8 Å². The van der Waals surface area contributed by atoms with Crippen LogP contribution in [0.15, 0.2) is 14.7 Å². The van der Waals surface area contributed by atoms with Crippen LogP contribution in [0.5, 0.6) is 0 Å². The molecule has 0 fully saturated rings. The molecule has 1 atom stereocenters. The highest BCUT2D eigenvalue weighted by Gasteiger charge is 2.28. The van der Waals surface area contributed by atoms with Crippen LogP contribution in [0.2, 0.25) is 4.34 Å². The van der Waals surface area contributed by atoms with Gasteiger partial charge in [-0.1, -0.05) is 37.2 Å². The SMILES string of the molecule is CCC(C)SC1=NS(=O)(=O)c2sc(Cl)cc2N1. The Morgan fingerprint density at radius 2 is 2.35 bits per heavy atom. The normalized spacial score (nSPS) is 19.1. The van der Waals surface area contributed by atoms with Crippen LogP contribution in [0.4, 0.5) is 5.69 Å². The van der Waals surface area contributed by atoms with Gasteiger partial charge in [0.15, 0.2) is 9.38 Å². The molecular formula is C9H11ClN2O2S3. The Bertz CT molecular complexity index is 565. The number of hydrogen-bond donors (Lipinski definition) is 1.